The maximum Gasteiger partial charge on any atom is 0.288 e. The van der Waals surface area contributed by atoms with Gasteiger partial charge in [-0.15, -0.1) is 0 Å². The molecule has 2 N–H and O–H groups in total. The molecule has 0 aliphatic carbocycles. The van der Waals surface area contributed by atoms with Crippen molar-refractivity contribution in [3.8, 4) is 11.5 Å². The molecule has 0 aromatic heterocycles. The number of ether oxygens (including phenoxy) is 1. The Labute approximate surface area is 141 Å². The van der Waals surface area contributed by atoms with Gasteiger partial charge >= 0.3 is 0 Å². The Bertz CT molecular complexity index is 756. The van der Waals surface area contributed by atoms with Crippen LogP contribution in [0.25, 0.3) is 0 Å². The first kappa shape index (κ1) is 17.5. The van der Waals surface area contributed by atoms with E-state index in [1.165, 1.54) is 30.3 Å². The molecule has 0 aliphatic rings. The molecule has 0 unspecified atom stereocenters. The summed E-state index contributed by atoms with van der Waals surface area (Å²) in [6, 6.07) is 6.20. The van der Waals surface area contributed by atoms with Gasteiger partial charge in [0.2, 0.25) is 0 Å². The van der Waals surface area contributed by atoms with Crippen molar-refractivity contribution in [1.82, 2.24) is 0 Å². The van der Waals surface area contributed by atoms with Crippen LogP contribution in [0.15, 0.2) is 30.3 Å². The highest BCUT2D eigenvalue weighted by atomic mass is 35.5. The second kappa shape index (κ2) is 7.12. The summed E-state index contributed by atoms with van der Waals surface area (Å²) in [6.45, 7) is 1.83. The lowest BCUT2D eigenvalue weighted by molar-refractivity contribution is -0.384. The predicted octanol–water partition coefficient (Wildman–Crippen LogP) is 5.24. The zero-order valence-corrected chi connectivity index (χ0v) is 13.6. The van der Waals surface area contributed by atoms with E-state index in [0.717, 1.165) is 0 Å². The predicted molar refractivity (Wildman–Crippen MR) is 86.8 cm³/mol. The Hall–Kier alpha value is -1.89. The number of rotatable bonds is 5. The van der Waals surface area contributed by atoms with E-state index in [1.807, 2.05) is 6.92 Å². The molecular weight excluding hydrogens is 346 g/mol. The first-order chi connectivity index (χ1) is 10.8. The van der Waals surface area contributed by atoms with Crippen LogP contribution in [-0.2, 0) is 0 Å². The van der Waals surface area contributed by atoms with E-state index >= 15 is 0 Å². The summed E-state index contributed by atoms with van der Waals surface area (Å²) in [6.07, 6.45) is 0.543. The highest BCUT2D eigenvalue weighted by molar-refractivity contribution is 6.33. The number of nitrogens with two attached hydrogens (primary N) is 1. The second-order valence-electron chi connectivity index (χ2n) is 4.77. The van der Waals surface area contributed by atoms with E-state index in [4.69, 9.17) is 33.7 Å². The molecule has 122 valence electrons. The van der Waals surface area contributed by atoms with Crippen molar-refractivity contribution in [2.24, 2.45) is 5.73 Å². The van der Waals surface area contributed by atoms with E-state index in [2.05, 4.69) is 0 Å². The van der Waals surface area contributed by atoms with Gasteiger partial charge in [0, 0.05) is 23.7 Å². The number of nitro benzene ring substituents is 1. The van der Waals surface area contributed by atoms with Crippen molar-refractivity contribution in [3.05, 3.63) is 61.9 Å². The Morgan fingerprint density at radius 1 is 1.30 bits per heavy atom. The number of hydrogen-bond acceptors (Lipinski definition) is 4. The largest absolute Gasteiger partial charge is 0.453 e. The van der Waals surface area contributed by atoms with Crippen LogP contribution in [0.4, 0.5) is 10.1 Å². The van der Waals surface area contributed by atoms with Crippen molar-refractivity contribution in [2.75, 3.05) is 0 Å². The molecule has 0 aliphatic heterocycles. The standard InChI is InChI=1S/C15H13Cl2FN2O3/c1-2-12(19)9-4-5-10(16)15(14(9)18)23-8-3-6-13(20(21)22)11(17)7-8/h3-7,12H,2,19H2,1H3/t12-/m1/s1. The Kier molecular flexibility index (Phi) is 5.41. The normalized spacial score (nSPS) is 12.0. The summed E-state index contributed by atoms with van der Waals surface area (Å²) >= 11 is 11.8. The summed E-state index contributed by atoms with van der Waals surface area (Å²) in [5.41, 5.74) is 5.86. The number of halogens is 3. The smallest absolute Gasteiger partial charge is 0.288 e. The highest BCUT2D eigenvalue weighted by Crippen LogP contribution is 2.37. The molecule has 2 rings (SSSR count). The molecule has 1 atom stereocenters. The molecule has 0 saturated heterocycles. The molecule has 2 aromatic carbocycles. The van der Waals surface area contributed by atoms with E-state index in [1.54, 1.807) is 0 Å². The number of nitrogens with zero attached hydrogens (tertiary/aromatic N) is 1. The summed E-state index contributed by atoms with van der Waals surface area (Å²) in [5, 5.41) is 10.7. The summed E-state index contributed by atoms with van der Waals surface area (Å²) in [7, 11) is 0. The van der Waals surface area contributed by atoms with Crippen LogP contribution in [-0.4, -0.2) is 4.92 Å². The van der Waals surface area contributed by atoms with Crippen LogP contribution < -0.4 is 10.5 Å². The molecule has 5 nitrogen and oxygen atoms in total. The van der Waals surface area contributed by atoms with Crippen molar-refractivity contribution < 1.29 is 14.1 Å². The van der Waals surface area contributed by atoms with Crippen LogP contribution in [0.3, 0.4) is 0 Å². The zero-order chi connectivity index (χ0) is 17.1. The maximum atomic E-state index is 14.5. The van der Waals surface area contributed by atoms with Gasteiger partial charge in [-0.25, -0.2) is 4.39 Å². The van der Waals surface area contributed by atoms with Crippen molar-refractivity contribution >= 4 is 28.9 Å². The Morgan fingerprint density at radius 2 is 2.00 bits per heavy atom. The Balaban J connectivity index is 2.40. The van der Waals surface area contributed by atoms with Gasteiger partial charge in [-0.3, -0.25) is 10.1 Å². The molecule has 0 radical (unpaired) electrons. The van der Waals surface area contributed by atoms with E-state index in [0.29, 0.717) is 6.42 Å². The minimum atomic E-state index is -0.665. The van der Waals surface area contributed by atoms with E-state index in [9.17, 15) is 14.5 Å². The summed E-state index contributed by atoms with van der Waals surface area (Å²) in [5.74, 6) is -0.733. The SMILES string of the molecule is CC[C@@H](N)c1ccc(Cl)c(Oc2ccc([N+](=O)[O-])c(Cl)c2)c1F. The number of hydrogen-bond donors (Lipinski definition) is 1. The summed E-state index contributed by atoms with van der Waals surface area (Å²) in [4.78, 5) is 10.1. The summed E-state index contributed by atoms with van der Waals surface area (Å²) < 4.78 is 20.0. The van der Waals surface area contributed by atoms with Gasteiger partial charge in [0.25, 0.3) is 5.69 Å². The molecule has 23 heavy (non-hydrogen) atoms. The first-order valence-corrected chi connectivity index (χ1v) is 7.46. The minimum absolute atomic E-state index is 0.0593. The van der Waals surface area contributed by atoms with Gasteiger partial charge in [-0.2, -0.15) is 0 Å². The lowest BCUT2D eigenvalue weighted by Gasteiger charge is -2.15. The third-order valence-electron chi connectivity index (χ3n) is 3.25. The van der Waals surface area contributed by atoms with Crippen molar-refractivity contribution in [2.45, 2.75) is 19.4 Å². The molecular formula is C15H13Cl2FN2O3. The number of benzene rings is 2. The van der Waals surface area contributed by atoms with Crippen LogP contribution in [0.5, 0.6) is 11.5 Å². The molecule has 0 heterocycles. The topological polar surface area (TPSA) is 78.4 Å². The molecule has 0 saturated carbocycles. The third-order valence-corrected chi connectivity index (χ3v) is 3.85. The molecule has 0 spiro atoms. The Morgan fingerprint density at radius 3 is 2.57 bits per heavy atom. The fourth-order valence-corrected chi connectivity index (χ4v) is 2.39. The molecule has 8 heteroatoms. The zero-order valence-electron chi connectivity index (χ0n) is 12.1. The van der Waals surface area contributed by atoms with Gasteiger partial charge in [-0.05, 0) is 18.6 Å². The maximum absolute atomic E-state index is 14.5. The molecule has 0 amide bonds. The van der Waals surface area contributed by atoms with E-state index in [-0.39, 0.29) is 32.8 Å². The van der Waals surface area contributed by atoms with Crippen LogP contribution in [0.1, 0.15) is 24.9 Å². The first-order valence-electron chi connectivity index (χ1n) is 6.70. The van der Waals surface area contributed by atoms with Crippen molar-refractivity contribution in [3.63, 3.8) is 0 Å². The van der Waals surface area contributed by atoms with Crippen LogP contribution >= 0.6 is 23.2 Å². The number of nitro groups is 1. The minimum Gasteiger partial charge on any atom is -0.453 e. The fraction of sp³-hybridized carbons (Fsp3) is 0.200. The average molecular weight is 359 g/mol. The molecule has 0 fully saturated rings. The lowest BCUT2D eigenvalue weighted by atomic mass is 10.0. The van der Waals surface area contributed by atoms with Gasteiger partial charge in [0.1, 0.15) is 10.8 Å². The van der Waals surface area contributed by atoms with Gasteiger partial charge < -0.3 is 10.5 Å². The van der Waals surface area contributed by atoms with Gasteiger partial charge in [0.15, 0.2) is 11.6 Å². The second-order valence-corrected chi connectivity index (χ2v) is 5.58. The van der Waals surface area contributed by atoms with E-state index < -0.39 is 16.8 Å². The van der Waals surface area contributed by atoms with Crippen molar-refractivity contribution in [1.29, 1.82) is 0 Å². The monoisotopic (exact) mass is 358 g/mol. The van der Waals surface area contributed by atoms with Gasteiger partial charge in [0.05, 0.1) is 9.95 Å². The van der Waals surface area contributed by atoms with Crippen LogP contribution in [0, 0.1) is 15.9 Å². The third kappa shape index (κ3) is 3.72. The lowest BCUT2D eigenvalue weighted by Crippen LogP contribution is -2.11. The van der Waals surface area contributed by atoms with Gasteiger partial charge in [-0.1, -0.05) is 36.2 Å². The fourth-order valence-electron chi connectivity index (χ4n) is 1.96. The van der Waals surface area contributed by atoms with Crippen LogP contribution in [0.2, 0.25) is 10.0 Å². The molecule has 2 aromatic rings. The average Bonchev–Trinajstić information content (AvgIpc) is 2.50. The highest BCUT2D eigenvalue weighted by Gasteiger charge is 2.19. The quantitative estimate of drug-likeness (QED) is 0.585. The molecule has 0 bridgehead atoms.